The number of carbonyl (C=O) groups is 2. The summed E-state index contributed by atoms with van der Waals surface area (Å²) in [4.78, 5) is 26.4. The van der Waals surface area contributed by atoms with Gasteiger partial charge in [-0.05, 0) is 35.3 Å². The molecule has 0 unspecified atom stereocenters. The van der Waals surface area contributed by atoms with Crippen LogP contribution in [0.4, 0.5) is 0 Å². The third kappa shape index (κ3) is 4.90. The van der Waals surface area contributed by atoms with Gasteiger partial charge in [-0.3, -0.25) is 9.59 Å². The molecule has 4 aromatic carbocycles. The van der Waals surface area contributed by atoms with Gasteiger partial charge >= 0.3 is 0 Å². The Morgan fingerprint density at radius 2 is 1.00 bits per heavy atom. The average molecular weight is 500 g/mol. The molecule has 0 aromatic heterocycles. The molecule has 175 valence electrons. The number of likely N-dealkylation sites (N-methyl/N-ethyl adjacent to an activating group) is 1. The molecule has 0 saturated carbocycles. The second-order valence-electron chi connectivity index (χ2n) is 7.74. The lowest BCUT2D eigenvalue weighted by molar-refractivity contribution is -0.117. The van der Waals surface area contributed by atoms with E-state index < -0.39 is 19.1 Å². The molecule has 2 N–H and O–H groups in total. The number of hydrogen-bond acceptors (Lipinski definition) is 2. The Hall–Kier alpha value is -3.72. The van der Waals surface area contributed by atoms with Crippen molar-refractivity contribution in [3.8, 4) is 0 Å². The molecule has 0 atom stereocenters. The lowest BCUT2D eigenvalue weighted by Crippen LogP contribution is -2.38. The number of halogens is 1. The zero-order valence-electron chi connectivity index (χ0n) is 19.2. The zero-order chi connectivity index (χ0) is 24.7. The summed E-state index contributed by atoms with van der Waals surface area (Å²) in [5.41, 5.74) is 0.467. The summed E-state index contributed by atoms with van der Waals surface area (Å²) in [6.45, 7) is 0. The van der Waals surface area contributed by atoms with Crippen LogP contribution in [0.3, 0.4) is 0 Å². The van der Waals surface area contributed by atoms with Crippen molar-refractivity contribution in [2.24, 2.45) is 0 Å². The van der Waals surface area contributed by atoms with Gasteiger partial charge in [-0.15, -0.1) is 0 Å². The van der Waals surface area contributed by atoms with E-state index in [1.165, 1.54) is 7.05 Å². The molecule has 0 bridgehead atoms. The lowest BCUT2D eigenvalue weighted by Gasteiger charge is -2.38. The summed E-state index contributed by atoms with van der Waals surface area (Å²) in [6, 6.07) is 38.5. The first kappa shape index (κ1) is 24.4. The third-order valence-corrected chi connectivity index (χ3v) is 10.6. The molecule has 0 spiro atoms. The highest BCUT2D eigenvalue weighted by atomic mass is 35.5. The van der Waals surface area contributed by atoms with E-state index in [0.29, 0.717) is 10.3 Å². The van der Waals surface area contributed by atoms with Crippen LogP contribution in [-0.4, -0.2) is 18.9 Å². The summed E-state index contributed by atoms with van der Waals surface area (Å²) in [7, 11) is -1.22. The lowest BCUT2D eigenvalue weighted by atomic mass is 10.2. The SMILES string of the molecule is CNC(=O)/C(NC(=O)c1ccccc1)=C(/Cl)[P](c1ccccc1)(c1ccccc1)c1ccccc1. The molecule has 0 saturated heterocycles. The van der Waals surface area contributed by atoms with E-state index in [9.17, 15) is 9.59 Å². The minimum absolute atomic E-state index is 0.0351. The van der Waals surface area contributed by atoms with Crippen molar-refractivity contribution in [3.63, 3.8) is 0 Å². The molecule has 4 aromatic rings. The van der Waals surface area contributed by atoms with Crippen LogP contribution < -0.4 is 26.5 Å². The van der Waals surface area contributed by atoms with Crippen LogP contribution in [0.25, 0.3) is 0 Å². The maximum atomic E-state index is 13.2. The molecular weight excluding hydrogens is 475 g/mol. The van der Waals surface area contributed by atoms with E-state index in [1.54, 1.807) is 24.3 Å². The van der Waals surface area contributed by atoms with Crippen molar-refractivity contribution in [1.82, 2.24) is 10.6 Å². The summed E-state index contributed by atoms with van der Waals surface area (Å²) >= 11 is 7.33. The molecule has 0 heterocycles. The minimum atomic E-state index is -2.75. The Morgan fingerprint density at radius 3 is 1.37 bits per heavy atom. The predicted octanol–water partition coefficient (Wildman–Crippen LogP) is 4.56. The van der Waals surface area contributed by atoms with Gasteiger partial charge in [-0.2, -0.15) is 0 Å². The smallest absolute Gasteiger partial charge is 0.269 e. The molecule has 4 rings (SSSR count). The molecule has 6 heteroatoms. The van der Waals surface area contributed by atoms with Crippen molar-refractivity contribution >= 4 is 46.6 Å². The van der Waals surface area contributed by atoms with E-state index in [2.05, 4.69) is 10.6 Å². The van der Waals surface area contributed by atoms with Crippen LogP contribution in [0.5, 0.6) is 0 Å². The number of nitrogens with one attached hydrogen (secondary N) is 2. The standard InChI is InChI=1S/C29H25ClN2O2P/c1-31-29(34)26(32-28(33)22-14-6-2-7-15-22)27(30)35(23-16-8-3-9-17-23,24-18-10-4-11-19-24)25-20-12-5-13-21-25/h2-21H,1H3,(H,31,34)(H,32,33)/b27-26+. The van der Waals surface area contributed by atoms with Crippen molar-refractivity contribution in [1.29, 1.82) is 0 Å². The van der Waals surface area contributed by atoms with Crippen molar-refractivity contribution in [2.45, 2.75) is 0 Å². The van der Waals surface area contributed by atoms with Crippen LogP contribution in [0.15, 0.2) is 132 Å². The summed E-state index contributed by atoms with van der Waals surface area (Å²) < 4.78 is 0.296. The van der Waals surface area contributed by atoms with Crippen molar-refractivity contribution in [3.05, 3.63) is 137 Å². The molecule has 0 aliphatic rings. The van der Waals surface area contributed by atoms with Crippen LogP contribution in [0.2, 0.25) is 0 Å². The number of amides is 2. The van der Waals surface area contributed by atoms with Gasteiger partial charge in [0.05, 0.1) is 4.77 Å². The first-order valence-electron chi connectivity index (χ1n) is 11.1. The first-order chi connectivity index (χ1) is 17.1. The van der Waals surface area contributed by atoms with Gasteiger partial charge in [0.1, 0.15) is 5.70 Å². The van der Waals surface area contributed by atoms with Crippen molar-refractivity contribution < 1.29 is 9.59 Å². The van der Waals surface area contributed by atoms with Gasteiger partial charge in [-0.25, -0.2) is 0 Å². The van der Waals surface area contributed by atoms with Gasteiger partial charge in [0.2, 0.25) is 0 Å². The highest BCUT2D eigenvalue weighted by Crippen LogP contribution is 2.64. The number of benzene rings is 4. The van der Waals surface area contributed by atoms with Gasteiger partial charge in [0, 0.05) is 12.6 Å². The Labute approximate surface area is 211 Å². The fraction of sp³-hybridized carbons (Fsp3) is 0.0345. The Bertz CT molecular complexity index is 1230. The Balaban J connectivity index is 2.04. The third-order valence-electron chi connectivity index (χ3n) is 5.66. The molecule has 4 nitrogen and oxygen atoms in total. The number of rotatable bonds is 7. The average Bonchev–Trinajstić information content (AvgIpc) is 2.94. The van der Waals surface area contributed by atoms with Crippen LogP contribution in [-0.2, 0) is 4.79 Å². The number of carbonyl (C=O) groups excluding carboxylic acids is 2. The van der Waals surface area contributed by atoms with E-state index >= 15 is 0 Å². The monoisotopic (exact) mass is 499 g/mol. The van der Waals surface area contributed by atoms with Crippen LogP contribution in [0, 0.1) is 0 Å². The largest absolute Gasteiger partial charge is 0.354 e. The molecule has 0 fully saturated rings. The van der Waals surface area contributed by atoms with Crippen molar-refractivity contribution in [2.75, 3.05) is 7.05 Å². The normalized spacial score (nSPS) is 11.8. The summed E-state index contributed by atoms with van der Waals surface area (Å²) in [5, 5.41) is 8.38. The molecule has 1 radical (unpaired) electrons. The Morgan fingerprint density at radius 1 is 0.629 bits per heavy atom. The Kier molecular flexibility index (Phi) is 7.77. The van der Waals surface area contributed by atoms with Gasteiger partial charge in [0.25, 0.3) is 11.8 Å². The first-order valence-corrected chi connectivity index (χ1v) is 13.3. The highest BCUT2D eigenvalue weighted by molar-refractivity contribution is 8.00. The molecule has 2 amide bonds. The molecule has 0 aliphatic carbocycles. The fourth-order valence-corrected chi connectivity index (χ4v) is 8.95. The van der Waals surface area contributed by atoms with Gasteiger partial charge in [-0.1, -0.05) is 121 Å². The predicted molar refractivity (Wildman–Crippen MR) is 146 cm³/mol. The van der Waals surface area contributed by atoms with E-state index in [1.807, 2.05) is 97.1 Å². The molecular formula is C29H25ClN2O2P. The topological polar surface area (TPSA) is 58.2 Å². The fourth-order valence-electron chi connectivity index (χ4n) is 4.01. The van der Waals surface area contributed by atoms with Gasteiger partial charge < -0.3 is 10.6 Å². The highest BCUT2D eigenvalue weighted by Gasteiger charge is 2.40. The van der Waals surface area contributed by atoms with E-state index in [0.717, 1.165) is 15.9 Å². The van der Waals surface area contributed by atoms with Gasteiger partial charge in [0.15, 0.2) is 0 Å². The van der Waals surface area contributed by atoms with Crippen LogP contribution in [0.1, 0.15) is 10.4 Å². The molecule has 0 aliphatic heterocycles. The van der Waals surface area contributed by atoms with E-state index in [4.69, 9.17) is 11.6 Å². The zero-order valence-corrected chi connectivity index (χ0v) is 20.8. The maximum Gasteiger partial charge on any atom is 0.269 e. The second kappa shape index (κ2) is 11.1. The second-order valence-corrected chi connectivity index (χ2v) is 11.7. The quantitative estimate of drug-likeness (QED) is 0.289. The summed E-state index contributed by atoms with van der Waals surface area (Å²) in [5.74, 6) is -0.874. The number of hydrogen-bond donors (Lipinski definition) is 2. The summed E-state index contributed by atoms with van der Waals surface area (Å²) in [6.07, 6.45) is 0. The molecule has 35 heavy (non-hydrogen) atoms. The van der Waals surface area contributed by atoms with Crippen LogP contribution >= 0.6 is 18.9 Å². The minimum Gasteiger partial charge on any atom is -0.354 e. The van der Waals surface area contributed by atoms with E-state index in [-0.39, 0.29) is 5.70 Å². The maximum absolute atomic E-state index is 13.2.